The summed E-state index contributed by atoms with van der Waals surface area (Å²) in [5.41, 5.74) is 2.12. The van der Waals surface area contributed by atoms with Crippen molar-refractivity contribution in [2.45, 2.75) is 0 Å². The smallest absolute Gasteiger partial charge is 0.463 e. The van der Waals surface area contributed by atoms with Gasteiger partial charge in [-0.1, -0.05) is 5.98 Å². The number of hydrogen-bond donors (Lipinski definition) is 1. The molecular formula is C21H20BFN2O6S. The Hall–Kier alpha value is -3.15. The summed E-state index contributed by atoms with van der Waals surface area (Å²) in [5, 5.41) is 10.0. The van der Waals surface area contributed by atoms with Gasteiger partial charge in [0.05, 0.1) is 30.7 Å². The molecule has 4 rings (SSSR count). The van der Waals surface area contributed by atoms with Gasteiger partial charge in [0.2, 0.25) is 10.0 Å². The van der Waals surface area contributed by atoms with E-state index in [0.717, 1.165) is 6.26 Å². The molecule has 11 heteroatoms. The van der Waals surface area contributed by atoms with E-state index in [1.807, 2.05) is 0 Å². The van der Waals surface area contributed by atoms with Gasteiger partial charge in [0.1, 0.15) is 17.7 Å². The van der Waals surface area contributed by atoms with Crippen LogP contribution < -0.4 is 9.21 Å². The van der Waals surface area contributed by atoms with Gasteiger partial charge in [-0.2, -0.15) is 0 Å². The lowest BCUT2D eigenvalue weighted by molar-refractivity contribution is 0.0993. The van der Waals surface area contributed by atoms with Gasteiger partial charge in [0, 0.05) is 24.2 Å². The number of furan rings is 1. The first-order valence-corrected chi connectivity index (χ1v) is 11.5. The molecule has 166 valence electrons. The van der Waals surface area contributed by atoms with Gasteiger partial charge in [-0.15, -0.1) is 0 Å². The first-order valence-electron chi connectivity index (χ1n) is 9.65. The Kier molecular flexibility index (Phi) is 5.80. The van der Waals surface area contributed by atoms with Gasteiger partial charge in [-0.25, -0.2) is 12.8 Å². The second-order valence-corrected chi connectivity index (χ2v) is 9.37. The molecule has 1 aromatic heterocycles. The van der Waals surface area contributed by atoms with E-state index < -0.39 is 23.0 Å². The van der Waals surface area contributed by atoms with Crippen LogP contribution in [0.5, 0.6) is 0 Å². The molecule has 8 nitrogen and oxygen atoms in total. The number of anilines is 2. The number of carbonyl (C=O) groups excluding carboxylic acids is 1. The van der Waals surface area contributed by atoms with E-state index in [4.69, 9.17) is 9.07 Å². The molecule has 3 aromatic rings. The van der Waals surface area contributed by atoms with E-state index >= 15 is 0 Å². The summed E-state index contributed by atoms with van der Waals surface area (Å²) in [4.78, 5) is 14.3. The molecule has 2 heterocycles. The van der Waals surface area contributed by atoms with E-state index in [1.54, 1.807) is 19.2 Å². The van der Waals surface area contributed by atoms with Crippen molar-refractivity contribution in [2.75, 3.05) is 35.7 Å². The van der Waals surface area contributed by atoms with Crippen molar-refractivity contribution in [1.29, 1.82) is 0 Å². The fourth-order valence-corrected chi connectivity index (χ4v) is 4.37. The fourth-order valence-electron chi connectivity index (χ4n) is 3.47. The summed E-state index contributed by atoms with van der Waals surface area (Å²) in [6.45, 7) is 0.145. The van der Waals surface area contributed by atoms with E-state index in [0.29, 0.717) is 33.5 Å². The molecule has 0 spiro atoms. The minimum Gasteiger partial charge on any atom is -0.463 e. The zero-order valence-electron chi connectivity index (χ0n) is 17.4. The van der Waals surface area contributed by atoms with E-state index in [2.05, 4.69) is 0 Å². The monoisotopic (exact) mass is 458 g/mol. The predicted octanol–water partition coefficient (Wildman–Crippen LogP) is 2.59. The summed E-state index contributed by atoms with van der Waals surface area (Å²) >= 11 is 0. The Bertz CT molecular complexity index is 1310. The molecule has 0 unspecified atom stereocenters. The van der Waals surface area contributed by atoms with Crippen LogP contribution >= 0.6 is 0 Å². The maximum absolute atomic E-state index is 13.2. The predicted molar refractivity (Wildman–Crippen MR) is 120 cm³/mol. The lowest BCUT2D eigenvalue weighted by atomic mass is 9.91. The van der Waals surface area contributed by atoms with Crippen molar-refractivity contribution >= 4 is 45.4 Å². The molecule has 32 heavy (non-hydrogen) atoms. The number of sulfonamides is 1. The SMILES string of the molecule is CN(C(=O)c1coc2cc(N(CC3=CB(O)OC3)S(C)(=O)=O)ccc12)c1ccc(F)cc1. The summed E-state index contributed by atoms with van der Waals surface area (Å²) < 4.78 is 49.7. The first-order chi connectivity index (χ1) is 15.1. The van der Waals surface area contributed by atoms with Crippen molar-refractivity contribution in [1.82, 2.24) is 0 Å². The maximum atomic E-state index is 13.2. The van der Waals surface area contributed by atoms with Crippen LogP contribution in [0.1, 0.15) is 10.4 Å². The number of amides is 1. The Balaban J connectivity index is 1.64. The highest BCUT2D eigenvalue weighted by molar-refractivity contribution is 7.92. The van der Waals surface area contributed by atoms with E-state index in [1.165, 1.54) is 51.8 Å². The second-order valence-electron chi connectivity index (χ2n) is 7.47. The third-order valence-electron chi connectivity index (χ3n) is 5.16. The van der Waals surface area contributed by atoms with Gasteiger partial charge >= 0.3 is 7.12 Å². The van der Waals surface area contributed by atoms with Crippen molar-refractivity contribution in [3.05, 3.63) is 71.7 Å². The van der Waals surface area contributed by atoms with Crippen LogP contribution in [0, 0.1) is 5.82 Å². The molecule has 0 aliphatic carbocycles. The van der Waals surface area contributed by atoms with Crippen molar-refractivity contribution in [2.24, 2.45) is 0 Å². The molecule has 0 atom stereocenters. The summed E-state index contributed by atoms with van der Waals surface area (Å²) in [6, 6.07) is 10.3. The average Bonchev–Trinajstić information content (AvgIpc) is 3.36. The minimum absolute atomic E-state index is 0.0151. The van der Waals surface area contributed by atoms with E-state index in [-0.39, 0.29) is 19.1 Å². The summed E-state index contributed by atoms with van der Waals surface area (Å²) in [5.74, 6) is 0.706. The average molecular weight is 458 g/mol. The van der Waals surface area contributed by atoms with Gasteiger partial charge in [0.25, 0.3) is 5.91 Å². The molecule has 0 saturated carbocycles. The Labute approximate surface area is 184 Å². The van der Waals surface area contributed by atoms with Crippen molar-refractivity contribution < 1.29 is 31.7 Å². The van der Waals surface area contributed by atoms with Crippen molar-refractivity contribution in [3.63, 3.8) is 0 Å². The molecule has 0 radical (unpaired) electrons. The summed E-state index contributed by atoms with van der Waals surface area (Å²) in [6.07, 6.45) is 2.39. The molecule has 1 aliphatic heterocycles. The second kappa shape index (κ2) is 8.42. The molecule has 2 aromatic carbocycles. The number of halogens is 1. The van der Waals surface area contributed by atoms with E-state index in [9.17, 15) is 22.6 Å². The standard InChI is InChI=1S/C21H20BFN2O6S/c1-24(16-5-3-15(23)4-6-16)21(26)19-13-30-20-9-17(7-8-18(19)20)25(32(2,28)29)11-14-10-22(27)31-12-14/h3-10,13,27H,11-12H2,1-2H3. The number of nitrogens with zero attached hydrogens (tertiary/aromatic N) is 2. The zero-order valence-corrected chi connectivity index (χ0v) is 18.2. The summed E-state index contributed by atoms with van der Waals surface area (Å²) in [7, 11) is -3.13. The molecule has 1 N–H and O–H groups in total. The molecule has 0 saturated heterocycles. The zero-order chi connectivity index (χ0) is 23.0. The first kappa shape index (κ1) is 22.1. The fraction of sp³-hybridized carbons (Fsp3) is 0.190. The van der Waals surface area contributed by atoms with Crippen LogP contribution in [0.2, 0.25) is 0 Å². The quantitative estimate of drug-likeness (QED) is 0.570. The molecule has 1 aliphatic rings. The third-order valence-corrected chi connectivity index (χ3v) is 6.30. The molecular weight excluding hydrogens is 438 g/mol. The number of rotatable bonds is 6. The highest BCUT2D eigenvalue weighted by atomic mass is 32.2. The van der Waals surface area contributed by atoms with Gasteiger partial charge in [-0.3, -0.25) is 9.10 Å². The number of benzene rings is 2. The topological polar surface area (TPSA) is 100 Å². The van der Waals surface area contributed by atoms with Crippen LogP contribution in [0.15, 0.2) is 64.7 Å². The van der Waals surface area contributed by atoms with Gasteiger partial charge < -0.3 is 19.0 Å². The highest BCUT2D eigenvalue weighted by Crippen LogP contribution is 2.30. The van der Waals surface area contributed by atoms with Crippen LogP contribution in [-0.2, 0) is 14.7 Å². The Morgan fingerprint density at radius 1 is 1.19 bits per heavy atom. The number of fused-ring (bicyclic) bond motifs is 1. The van der Waals surface area contributed by atoms with Crippen LogP contribution in [0.4, 0.5) is 15.8 Å². The van der Waals surface area contributed by atoms with Gasteiger partial charge in [0.15, 0.2) is 0 Å². The highest BCUT2D eigenvalue weighted by Gasteiger charge is 2.26. The van der Waals surface area contributed by atoms with Crippen molar-refractivity contribution in [3.8, 4) is 0 Å². The number of carbonyl (C=O) groups is 1. The lowest BCUT2D eigenvalue weighted by Gasteiger charge is -2.23. The minimum atomic E-state index is -3.65. The number of hydrogen-bond acceptors (Lipinski definition) is 6. The molecule has 0 bridgehead atoms. The normalized spacial score (nSPS) is 14.0. The van der Waals surface area contributed by atoms with Crippen LogP contribution in [0.3, 0.4) is 0 Å². The van der Waals surface area contributed by atoms with Gasteiger partial charge in [-0.05, 0) is 42.0 Å². The molecule has 0 fully saturated rings. The lowest BCUT2D eigenvalue weighted by Crippen LogP contribution is -2.32. The van der Waals surface area contributed by atoms with Crippen LogP contribution in [-0.4, -0.2) is 52.9 Å². The Morgan fingerprint density at radius 2 is 1.88 bits per heavy atom. The molecule has 1 amide bonds. The largest absolute Gasteiger partial charge is 0.483 e. The third kappa shape index (κ3) is 4.40. The van der Waals surface area contributed by atoms with Crippen LogP contribution in [0.25, 0.3) is 11.0 Å². The maximum Gasteiger partial charge on any atom is 0.483 e. The Morgan fingerprint density at radius 3 is 2.50 bits per heavy atom.